The van der Waals surface area contributed by atoms with Gasteiger partial charge in [-0.2, -0.15) is 4.68 Å². The average molecular weight is 424 g/mol. The first-order valence-electron chi connectivity index (χ1n) is 10.1. The zero-order chi connectivity index (χ0) is 20.9. The normalized spacial score (nSPS) is 14.1. The lowest BCUT2D eigenvalue weighted by Gasteiger charge is -2.20. The summed E-state index contributed by atoms with van der Waals surface area (Å²) in [4.78, 5) is 12.5. The summed E-state index contributed by atoms with van der Waals surface area (Å²) >= 11 is 1.31. The molecule has 1 heterocycles. The zero-order valence-electron chi connectivity index (χ0n) is 17.2. The molecule has 0 bridgehead atoms. The molecule has 0 aliphatic heterocycles. The van der Waals surface area contributed by atoms with Crippen LogP contribution in [0.25, 0.3) is 5.69 Å². The van der Waals surface area contributed by atoms with Gasteiger partial charge in [-0.1, -0.05) is 30.0 Å². The number of nitrogens with zero attached hydrogens (tertiary/aromatic N) is 4. The quantitative estimate of drug-likeness (QED) is 0.586. The standard InChI is InChI=1S/C22H25N5O2S/c1-15(17-8-7-16-5-3-4-6-18(16)13-17)23-21(28)14-30-22-24-25-26-27(22)19-9-11-20(29-2)12-10-19/h7-13,15H,3-6,14H2,1-2H3,(H,23,28)/t15-/m1/s1. The molecule has 1 N–H and O–H groups in total. The molecule has 0 spiro atoms. The smallest absolute Gasteiger partial charge is 0.230 e. The van der Waals surface area contributed by atoms with Gasteiger partial charge < -0.3 is 10.1 Å². The Balaban J connectivity index is 1.35. The summed E-state index contributed by atoms with van der Waals surface area (Å²) in [6.07, 6.45) is 4.81. The highest BCUT2D eigenvalue weighted by Crippen LogP contribution is 2.25. The van der Waals surface area contributed by atoms with E-state index < -0.39 is 0 Å². The second-order valence-corrected chi connectivity index (χ2v) is 8.33. The molecule has 4 rings (SSSR count). The number of carbonyl (C=O) groups is 1. The van der Waals surface area contributed by atoms with E-state index in [0.717, 1.165) is 29.8 Å². The van der Waals surface area contributed by atoms with Gasteiger partial charge in [0.25, 0.3) is 0 Å². The van der Waals surface area contributed by atoms with Gasteiger partial charge in [0.15, 0.2) is 0 Å². The van der Waals surface area contributed by atoms with Crippen molar-refractivity contribution in [3.63, 3.8) is 0 Å². The minimum Gasteiger partial charge on any atom is -0.497 e. The van der Waals surface area contributed by atoms with Crippen molar-refractivity contribution in [1.82, 2.24) is 25.5 Å². The molecule has 1 aliphatic carbocycles. The zero-order valence-corrected chi connectivity index (χ0v) is 18.0. The van der Waals surface area contributed by atoms with Crippen LogP contribution < -0.4 is 10.1 Å². The summed E-state index contributed by atoms with van der Waals surface area (Å²) in [6.45, 7) is 2.02. The number of aromatic nitrogens is 4. The lowest BCUT2D eigenvalue weighted by Crippen LogP contribution is -2.28. The lowest BCUT2D eigenvalue weighted by atomic mass is 9.89. The molecule has 3 aromatic rings. The summed E-state index contributed by atoms with van der Waals surface area (Å²) in [5, 5.41) is 15.5. The number of carbonyl (C=O) groups excluding carboxylic acids is 1. The van der Waals surface area contributed by atoms with E-state index in [1.54, 1.807) is 11.8 Å². The monoisotopic (exact) mass is 423 g/mol. The molecule has 0 fully saturated rings. The highest BCUT2D eigenvalue weighted by Gasteiger charge is 2.16. The Morgan fingerprint density at radius 3 is 2.70 bits per heavy atom. The van der Waals surface area contributed by atoms with E-state index in [-0.39, 0.29) is 17.7 Å². The van der Waals surface area contributed by atoms with Gasteiger partial charge in [0.1, 0.15) is 5.75 Å². The Labute approximate surface area is 180 Å². The molecule has 2 aromatic carbocycles. The van der Waals surface area contributed by atoms with Gasteiger partial charge >= 0.3 is 0 Å². The third kappa shape index (κ3) is 4.64. The molecule has 0 saturated heterocycles. The number of aryl methyl sites for hydroxylation is 2. The Kier molecular flexibility index (Phi) is 6.32. The number of hydrogen-bond acceptors (Lipinski definition) is 6. The van der Waals surface area contributed by atoms with Crippen molar-refractivity contribution >= 4 is 17.7 Å². The first kappa shape index (κ1) is 20.4. The van der Waals surface area contributed by atoms with Crippen molar-refractivity contribution < 1.29 is 9.53 Å². The number of fused-ring (bicyclic) bond motifs is 1. The number of benzene rings is 2. The van der Waals surface area contributed by atoms with E-state index in [2.05, 4.69) is 39.0 Å². The molecule has 1 aliphatic rings. The van der Waals surface area contributed by atoms with Crippen molar-refractivity contribution in [2.75, 3.05) is 12.9 Å². The van der Waals surface area contributed by atoms with E-state index in [9.17, 15) is 4.79 Å². The number of tetrazole rings is 1. The van der Waals surface area contributed by atoms with Crippen LogP contribution in [0.3, 0.4) is 0 Å². The van der Waals surface area contributed by atoms with Crippen LogP contribution in [0.5, 0.6) is 5.75 Å². The summed E-state index contributed by atoms with van der Waals surface area (Å²) in [5.41, 5.74) is 4.83. The number of nitrogens with one attached hydrogen (secondary N) is 1. The third-order valence-electron chi connectivity index (χ3n) is 5.34. The van der Waals surface area contributed by atoms with E-state index in [0.29, 0.717) is 5.16 Å². The van der Waals surface area contributed by atoms with Gasteiger partial charge in [0.05, 0.1) is 24.6 Å². The second-order valence-electron chi connectivity index (χ2n) is 7.38. The van der Waals surface area contributed by atoms with Crippen LogP contribution >= 0.6 is 11.8 Å². The summed E-state index contributed by atoms with van der Waals surface area (Å²) in [7, 11) is 1.62. The lowest BCUT2D eigenvalue weighted by molar-refractivity contribution is -0.119. The molecule has 1 atom stereocenters. The summed E-state index contributed by atoms with van der Waals surface area (Å²) < 4.78 is 6.80. The van der Waals surface area contributed by atoms with Gasteiger partial charge in [-0.3, -0.25) is 4.79 Å². The second kappa shape index (κ2) is 9.30. The Morgan fingerprint density at radius 2 is 1.93 bits per heavy atom. The summed E-state index contributed by atoms with van der Waals surface area (Å²) in [6, 6.07) is 14.0. The topological polar surface area (TPSA) is 81.9 Å². The molecular weight excluding hydrogens is 398 g/mol. The van der Waals surface area contributed by atoms with Gasteiger partial charge in [0.2, 0.25) is 11.1 Å². The molecular formula is C22H25N5O2S. The molecule has 0 radical (unpaired) electrons. The van der Waals surface area contributed by atoms with Crippen LogP contribution in [0.4, 0.5) is 0 Å². The molecule has 1 amide bonds. The maximum Gasteiger partial charge on any atom is 0.230 e. The van der Waals surface area contributed by atoms with Gasteiger partial charge in [0, 0.05) is 0 Å². The van der Waals surface area contributed by atoms with Crippen LogP contribution in [0.15, 0.2) is 47.6 Å². The molecule has 156 valence electrons. The van der Waals surface area contributed by atoms with Gasteiger partial charge in [-0.05, 0) is 84.0 Å². The van der Waals surface area contributed by atoms with Crippen molar-refractivity contribution in [2.45, 2.75) is 43.8 Å². The van der Waals surface area contributed by atoms with E-state index in [1.807, 2.05) is 31.2 Å². The van der Waals surface area contributed by atoms with Crippen LogP contribution in [-0.2, 0) is 17.6 Å². The number of rotatable bonds is 7. The van der Waals surface area contributed by atoms with Crippen molar-refractivity contribution in [1.29, 1.82) is 0 Å². The number of ether oxygens (including phenoxy) is 1. The molecule has 30 heavy (non-hydrogen) atoms. The first-order valence-corrected chi connectivity index (χ1v) is 11.1. The number of amides is 1. The van der Waals surface area contributed by atoms with Crippen molar-refractivity contribution in [3.8, 4) is 11.4 Å². The molecule has 1 aromatic heterocycles. The van der Waals surface area contributed by atoms with Gasteiger partial charge in [-0.25, -0.2) is 0 Å². The minimum absolute atomic E-state index is 0.0390. The van der Waals surface area contributed by atoms with Crippen molar-refractivity contribution in [3.05, 3.63) is 59.2 Å². The van der Waals surface area contributed by atoms with Crippen LogP contribution in [0.1, 0.15) is 42.5 Å². The van der Waals surface area contributed by atoms with Crippen LogP contribution in [0, 0.1) is 0 Å². The third-order valence-corrected chi connectivity index (χ3v) is 6.26. The predicted octanol–water partition coefficient (Wildman–Crippen LogP) is 3.52. The fraction of sp³-hybridized carbons (Fsp3) is 0.364. The highest BCUT2D eigenvalue weighted by atomic mass is 32.2. The maximum absolute atomic E-state index is 12.5. The Morgan fingerprint density at radius 1 is 1.17 bits per heavy atom. The van der Waals surface area contributed by atoms with Crippen LogP contribution in [0.2, 0.25) is 0 Å². The average Bonchev–Trinajstić information content (AvgIpc) is 3.26. The number of methoxy groups -OCH3 is 1. The number of hydrogen-bond donors (Lipinski definition) is 1. The Hall–Kier alpha value is -2.87. The Bertz CT molecular complexity index is 1020. The maximum atomic E-state index is 12.5. The van der Waals surface area contributed by atoms with E-state index >= 15 is 0 Å². The van der Waals surface area contributed by atoms with E-state index in [1.165, 1.54) is 35.7 Å². The molecule has 0 unspecified atom stereocenters. The van der Waals surface area contributed by atoms with Crippen molar-refractivity contribution in [2.24, 2.45) is 0 Å². The highest BCUT2D eigenvalue weighted by molar-refractivity contribution is 7.99. The fourth-order valence-corrected chi connectivity index (χ4v) is 4.38. The SMILES string of the molecule is COc1ccc(-n2nnnc2SCC(=O)N[C@H](C)c2ccc3c(c2)CCCC3)cc1. The van der Waals surface area contributed by atoms with Gasteiger partial charge in [-0.15, -0.1) is 5.10 Å². The minimum atomic E-state index is -0.0468. The fourth-order valence-electron chi connectivity index (χ4n) is 3.67. The molecule has 0 saturated carbocycles. The first-order chi connectivity index (χ1) is 14.6. The van der Waals surface area contributed by atoms with Crippen LogP contribution in [-0.4, -0.2) is 39.0 Å². The predicted molar refractivity (Wildman–Crippen MR) is 116 cm³/mol. The number of thioether (sulfide) groups is 1. The molecule has 8 heteroatoms. The largest absolute Gasteiger partial charge is 0.497 e. The van der Waals surface area contributed by atoms with E-state index in [4.69, 9.17) is 4.74 Å². The molecule has 7 nitrogen and oxygen atoms in total. The summed E-state index contributed by atoms with van der Waals surface area (Å²) in [5.74, 6) is 0.956.